The van der Waals surface area contributed by atoms with Crippen LogP contribution in [0.4, 0.5) is 0 Å². The van der Waals surface area contributed by atoms with Crippen molar-refractivity contribution in [1.82, 2.24) is 26.6 Å². The number of carbonyl (C=O) groups is 3. The molecule has 1 saturated heterocycles. The second-order valence-corrected chi connectivity index (χ2v) is 24.8. The smallest absolute Gasteiger partial charge is 0.350 e. The van der Waals surface area contributed by atoms with Gasteiger partial charge in [0.1, 0.15) is 11.9 Å². The van der Waals surface area contributed by atoms with E-state index in [0.29, 0.717) is 62.6 Å². The van der Waals surface area contributed by atoms with Gasteiger partial charge in [-0.25, -0.2) is 4.79 Å². The molecule has 0 amide bonds. The van der Waals surface area contributed by atoms with E-state index in [1.54, 1.807) is 6.07 Å². The zero-order valence-corrected chi connectivity index (χ0v) is 44.5. The maximum Gasteiger partial charge on any atom is 0.350 e. The summed E-state index contributed by atoms with van der Waals surface area (Å²) in [7, 11) is 1.96. The normalized spacial score (nSPS) is 40.5. The number of likely N-dealkylation sites (N-methyl/N-ethyl adjacent to an activating group) is 1. The van der Waals surface area contributed by atoms with Crippen molar-refractivity contribution in [2.45, 2.75) is 158 Å². The summed E-state index contributed by atoms with van der Waals surface area (Å²) in [4.78, 5) is 48.2. The lowest BCUT2D eigenvalue weighted by Crippen LogP contribution is -2.68. The average molecular weight is 1020 g/mol. The summed E-state index contributed by atoms with van der Waals surface area (Å²) in [6, 6.07) is 5.55. The van der Waals surface area contributed by atoms with Gasteiger partial charge in [0.2, 0.25) is 5.78 Å². The van der Waals surface area contributed by atoms with Crippen molar-refractivity contribution >= 4 is 17.5 Å². The van der Waals surface area contributed by atoms with Crippen molar-refractivity contribution in [3.05, 3.63) is 129 Å². The molecule has 400 valence electrons. The molecule has 1 spiro atoms. The number of aliphatic hydroxyl groups excluding tert-OH is 2. The molecule has 13 rings (SSSR count). The molecule has 6 heterocycles. The van der Waals surface area contributed by atoms with Crippen molar-refractivity contribution < 1.29 is 34.1 Å². The van der Waals surface area contributed by atoms with Gasteiger partial charge < -0.3 is 52.0 Å². The minimum Gasteiger partial charge on any atom is -0.459 e. The summed E-state index contributed by atoms with van der Waals surface area (Å²) in [5.41, 5.74) is 8.83. The number of aliphatic hydroxyl groups is 2. The van der Waals surface area contributed by atoms with Crippen LogP contribution in [0.15, 0.2) is 112 Å². The lowest BCUT2D eigenvalue weighted by Gasteiger charge is -2.61. The molecule has 1 aromatic rings. The fourth-order valence-electron chi connectivity index (χ4n) is 16.8. The Balaban J connectivity index is 0.977. The molecule has 6 aliphatic carbocycles. The van der Waals surface area contributed by atoms with Gasteiger partial charge in [-0.2, -0.15) is 0 Å². The first-order valence-electron chi connectivity index (χ1n) is 28.6. The molecule has 6 bridgehead atoms. The number of epoxide rings is 1. The molecule has 12 aliphatic rings. The molecule has 1 aromatic carbocycles. The van der Waals surface area contributed by atoms with E-state index in [2.05, 4.69) is 83.0 Å². The molecule has 3 fully saturated rings. The topological polar surface area (TPSA) is 200 Å². The van der Waals surface area contributed by atoms with Crippen molar-refractivity contribution in [1.29, 1.82) is 0 Å². The van der Waals surface area contributed by atoms with Crippen LogP contribution in [0.5, 0.6) is 0 Å². The third-order valence-electron chi connectivity index (χ3n) is 20.4. The quantitative estimate of drug-likeness (QED) is 0.0481. The van der Waals surface area contributed by atoms with Gasteiger partial charge in [-0.3, -0.25) is 9.59 Å². The number of nitrogens with one attached hydrogen (secondary N) is 5. The molecule has 0 radical (unpaired) electrons. The molecule has 2 saturated carbocycles. The molecular formula is C62H80N6O7. The first kappa shape index (κ1) is 50.9. The van der Waals surface area contributed by atoms with Crippen LogP contribution in [-0.2, 0) is 20.7 Å². The molecule has 13 heteroatoms. The number of dihydropyridines is 2. The Labute approximate surface area is 443 Å². The summed E-state index contributed by atoms with van der Waals surface area (Å²) in [6.45, 7) is 7.49. The summed E-state index contributed by atoms with van der Waals surface area (Å²) in [5, 5.41) is 40.6. The van der Waals surface area contributed by atoms with E-state index < -0.39 is 46.5 Å². The maximum absolute atomic E-state index is 16.2. The van der Waals surface area contributed by atoms with E-state index in [1.807, 2.05) is 38.4 Å². The number of allylic oxidation sites excluding steroid dienone is 10. The number of Topliss-reactive ketones (excluding diaryl/α,β-unsaturated/α-hetero) is 2. The van der Waals surface area contributed by atoms with E-state index in [4.69, 9.17) is 15.2 Å². The fourth-order valence-corrected chi connectivity index (χ4v) is 16.8. The second kappa shape index (κ2) is 19.5. The number of fused-ring (bicyclic) bond motifs is 6. The van der Waals surface area contributed by atoms with Crippen LogP contribution in [0.25, 0.3) is 0 Å². The van der Waals surface area contributed by atoms with E-state index in [-0.39, 0.29) is 71.5 Å². The largest absolute Gasteiger partial charge is 0.459 e. The van der Waals surface area contributed by atoms with Crippen LogP contribution >= 0.6 is 0 Å². The highest BCUT2D eigenvalue weighted by atomic mass is 16.7. The third-order valence-corrected chi connectivity index (χ3v) is 20.4. The predicted molar refractivity (Wildman–Crippen MR) is 288 cm³/mol. The van der Waals surface area contributed by atoms with Gasteiger partial charge in [0.15, 0.2) is 11.4 Å². The SMILES string of the molecule is CCN[C@]12C=C3C=CC[C@H]4[C@@H]3[C@H]3C=C[C@@H]4CCC[C@](C)(CC4=CNC(N)C=C4)Cc4cccc5c4C(=O)[C@]4(O[C@@]4(C/C(CO)=C(\C)CCC4=CCNC6=C4CC[C@@H](NC)N6)C5=O)C(=O)O[C@H]([C@@H]4C[C@@H](O)CC[C@@H]4C1)[C@H]32. The van der Waals surface area contributed by atoms with Crippen LogP contribution in [0.1, 0.15) is 137 Å². The Morgan fingerprint density at radius 1 is 1.04 bits per heavy atom. The monoisotopic (exact) mass is 1020 g/mol. The number of benzene rings is 1. The predicted octanol–water partition coefficient (Wildman–Crippen LogP) is 7.17. The minimum atomic E-state index is -2.28. The highest BCUT2D eigenvalue weighted by molar-refractivity contribution is 6.33. The van der Waals surface area contributed by atoms with Gasteiger partial charge in [0.25, 0.3) is 5.60 Å². The van der Waals surface area contributed by atoms with Crippen LogP contribution in [0, 0.1) is 46.8 Å². The van der Waals surface area contributed by atoms with Crippen molar-refractivity contribution in [3.63, 3.8) is 0 Å². The van der Waals surface area contributed by atoms with Crippen LogP contribution in [-0.4, -0.2) is 95.8 Å². The summed E-state index contributed by atoms with van der Waals surface area (Å²) in [6.07, 6.45) is 30.1. The van der Waals surface area contributed by atoms with Gasteiger partial charge in [-0.1, -0.05) is 86.6 Å². The van der Waals surface area contributed by atoms with Gasteiger partial charge in [0.05, 0.1) is 25.0 Å². The molecule has 0 aromatic heterocycles. The number of hydrogen-bond acceptors (Lipinski definition) is 13. The van der Waals surface area contributed by atoms with Crippen LogP contribution in [0.2, 0.25) is 0 Å². The first-order valence-corrected chi connectivity index (χ1v) is 28.6. The third kappa shape index (κ3) is 8.43. The number of carbonyl (C=O) groups excluding carboxylic acids is 3. The number of ether oxygens (including phenoxy) is 2. The van der Waals surface area contributed by atoms with Crippen LogP contribution < -0.4 is 32.3 Å². The van der Waals surface area contributed by atoms with Crippen molar-refractivity contribution in [2.24, 2.45) is 52.6 Å². The average Bonchev–Trinajstić information content (AvgIpc) is 4.25. The van der Waals surface area contributed by atoms with E-state index >= 15 is 14.4 Å². The number of ketones is 2. The molecule has 13 nitrogen and oxygen atoms in total. The molecule has 9 N–H and O–H groups in total. The van der Waals surface area contributed by atoms with E-state index in [0.717, 1.165) is 80.3 Å². The van der Waals surface area contributed by atoms with Crippen LogP contribution in [0.3, 0.4) is 0 Å². The van der Waals surface area contributed by atoms with E-state index in [1.165, 1.54) is 16.7 Å². The summed E-state index contributed by atoms with van der Waals surface area (Å²) < 4.78 is 14.1. The fraction of sp³-hybridized carbons (Fsp3) is 0.597. The maximum atomic E-state index is 16.2. The Morgan fingerprint density at radius 3 is 2.71 bits per heavy atom. The number of nitrogens with two attached hydrogens (primary N) is 1. The zero-order valence-electron chi connectivity index (χ0n) is 44.5. The Morgan fingerprint density at radius 2 is 1.91 bits per heavy atom. The molecular weight excluding hydrogens is 941 g/mol. The van der Waals surface area contributed by atoms with Gasteiger partial charge in [-0.05, 0) is 178 Å². The van der Waals surface area contributed by atoms with E-state index in [9.17, 15) is 10.2 Å². The van der Waals surface area contributed by atoms with Gasteiger partial charge >= 0.3 is 5.97 Å². The zero-order chi connectivity index (χ0) is 52.0. The summed E-state index contributed by atoms with van der Waals surface area (Å²) >= 11 is 0. The minimum absolute atomic E-state index is 0.0268. The highest BCUT2D eigenvalue weighted by Gasteiger charge is 2.86. The summed E-state index contributed by atoms with van der Waals surface area (Å²) in [5.74, 6) is 0.0171. The Bertz CT molecular complexity index is 2790. The molecule has 6 aliphatic heterocycles. The Kier molecular flexibility index (Phi) is 13.3. The molecule has 1 unspecified atom stereocenters. The number of rotatable bonds is 11. The highest BCUT2D eigenvalue weighted by Crippen LogP contribution is 2.64. The number of esters is 1. The van der Waals surface area contributed by atoms with Gasteiger partial charge in [-0.15, -0.1) is 0 Å². The lowest BCUT2D eigenvalue weighted by molar-refractivity contribution is -0.179. The standard InChI is InChI=1S/C62H80N6O7/c1-5-67-60-30-39-17-19-43(70)27-48(39)54-53(60)46-20-18-37(44-12-6-10-41(31-60)51(44)46)11-8-25-59(3,28-36-15-22-49(63)66-33-36)29-40-9-7-13-47-52(40)56(72)62(58(73)74-54)61(75-62,55(47)71)32-42(34-69)35(2)14-16-38-24-26-65-57-45(38)21-23-50(64-4)68-57/h6-7,9-10,13,15,18,20,22,24,31,33,37,39,43-44,46,48-51,53-54,64-70H,5,8,11-12,14,16-17,19,21,23,25-30,32,34,63H2,1-4H3/b42-35-/t37-,39+,43-,44+,46+,48+,49?,50-,51+,53-,54+,59+,60-,61-,62-/m0/s1. The molecule has 75 heavy (non-hydrogen) atoms. The Hall–Kier alpha value is -4.89. The molecule has 15 atom stereocenters. The van der Waals surface area contributed by atoms with Gasteiger partial charge in [0, 0.05) is 47.7 Å². The van der Waals surface area contributed by atoms with Crippen molar-refractivity contribution in [2.75, 3.05) is 26.7 Å². The second-order valence-electron chi connectivity index (χ2n) is 24.8. The number of hydrogen-bond donors (Lipinski definition) is 8. The lowest BCUT2D eigenvalue weighted by atomic mass is 9.47. The first-order chi connectivity index (χ1) is 36.2. The van der Waals surface area contributed by atoms with Crippen molar-refractivity contribution in [3.8, 4) is 0 Å².